The molecule has 2 heterocycles. The van der Waals surface area contributed by atoms with Crippen LogP contribution in [0.1, 0.15) is 0 Å². The fourth-order valence-electron chi connectivity index (χ4n) is 1.35. The number of ether oxygens (including phenoxy) is 2. The molecule has 1 aliphatic rings. The highest BCUT2D eigenvalue weighted by molar-refractivity contribution is 6.27. The van der Waals surface area contributed by atoms with Crippen molar-refractivity contribution < 1.29 is 13.9 Å². The molecule has 1 aromatic heterocycles. The average Bonchev–Trinajstić information content (AvgIpc) is 2.84. The third kappa shape index (κ3) is 1.41. The molecule has 6 heteroatoms. The summed E-state index contributed by atoms with van der Waals surface area (Å²) < 4.78 is 15.5. The molecule has 0 atom stereocenters. The van der Waals surface area contributed by atoms with E-state index in [9.17, 15) is 0 Å². The summed E-state index contributed by atoms with van der Waals surface area (Å²) in [5.41, 5.74) is 0.749. The van der Waals surface area contributed by atoms with Gasteiger partial charge in [0.2, 0.25) is 12.7 Å². The fraction of sp³-hybridized carbons (Fsp3) is 0.111. The van der Waals surface area contributed by atoms with E-state index in [1.807, 2.05) is 0 Å². The molecule has 0 radical (unpaired) electrons. The van der Waals surface area contributed by atoms with E-state index in [2.05, 4.69) is 10.2 Å². The molecular formula is C9H5ClN2O3. The van der Waals surface area contributed by atoms with Crippen LogP contribution in [0.2, 0.25) is 5.35 Å². The Morgan fingerprint density at radius 1 is 1.13 bits per heavy atom. The van der Waals surface area contributed by atoms with Crippen LogP contribution in [-0.2, 0) is 0 Å². The van der Waals surface area contributed by atoms with E-state index < -0.39 is 0 Å². The van der Waals surface area contributed by atoms with Gasteiger partial charge >= 0.3 is 5.35 Å². The third-order valence-corrected chi connectivity index (χ3v) is 2.17. The van der Waals surface area contributed by atoms with Crippen molar-refractivity contribution >= 4 is 11.6 Å². The molecule has 0 saturated heterocycles. The first-order valence-electron chi connectivity index (χ1n) is 4.22. The molecule has 1 aliphatic heterocycles. The zero-order valence-electron chi connectivity index (χ0n) is 7.44. The van der Waals surface area contributed by atoms with Crippen LogP contribution in [0.5, 0.6) is 11.5 Å². The molecule has 2 aromatic rings. The Hall–Kier alpha value is -1.75. The molecule has 15 heavy (non-hydrogen) atoms. The molecule has 76 valence electrons. The Balaban J connectivity index is 2.06. The first-order chi connectivity index (χ1) is 7.33. The van der Waals surface area contributed by atoms with Gasteiger partial charge in [-0.1, -0.05) is 5.10 Å². The lowest BCUT2D eigenvalue weighted by Crippen LogP contribution is -1.92. The second-order valence-corrected chi connectivity index (χ2v) is 3.25. The quantitative estimate of drug-likeness (QED) is 0.743. The van der Waals surface area contributed by atoms with E-state index in [0.717, 1.165) is 5.56 Å². The van der Waals surface area contributed by atoms with Gasteiger partial charge in [0, 0.05) is 5.56 Å². The van der Waals surface area contributed by atoms with Crippen molar-refractivity contribution in [3.8, 4) is 23.0 Å². The monoisotopic (exact) mass is 224 g/mol. The molecule has 0 N–H and O–H groups in total. The molecule has 5 nitrogen and oxygen atoms in total. The highest BCUT2D eigenvalue weighted by Crippen LogP contribution is 2.35. The van der Waals surface area contributed by atoms with Crippen LogP contribution in [0, 0.1) is 0 Å². The number of halogens is 1. The van der Waals surface area contributed by atoms with Crippen LogP contribution in [0.4, 0.5) is 0 Å². The van der Waals surface area contributed by atoms with Gasteiger partial charge in [-0.15, -0.1) is 5.10 Å². The third-order valence-electron chi connectivity index (χ3n) is 2.02. The van der Waals surface area contributed by atoms with Crippen LogP contribution in [-0.4, -0.2) is 17.0 Å². The molecule has 0 bridgehead atoms. The first-order valence-corrected chi connectivity index (χ1v) is 4.60. The summed E-state index contributed by atoms with van der Waals surface area (Å²) >= 11 is 5.53. The Kier molecular flexibility index (Phi) is 1.78. The second kappa shape index (κ2) is 3.13. The van der Waals surface area contributed by atoms with E-state index in [1.54, 1.807) is 18.2 Å². The normalized spacial score (nSPS) is 13.1. The summed E-state index contributed by atoms with van der Waals surface area (Å²) in [7, 11) is 0. The summed E-state index contributed by atoms with van der Waals surface area (Å²) in [5, 5.41) is 7.35. The SMILES string of the molecule is Clc1nnc(-c2ccc3c(c2)OCO3)o1. The van der Waals surface area contributed by atoms with E-state index in [4.69, 9.17) is 25.5 Å². The van der Waals surface area contributed by atoms with E-state index in [1.165, 1.54) is 0 Å². The summed E-state index contributed by atoms with van der Waals surface area (Å²) in [5.74, 6) is 1.74. The summed E-state index contributed by atoms with van der Waals surface area (Å²) in [4.78, 5) is 0. The highest BCUT2D eigenvalue weighted by Gasteiger charge is 2.16. The topological polar surface area (TPSA) is 57.4 Å². The van der Waals surface area contributed by atoms with Gasteiger partial charge in [-0.3, -0.25) is 0 Å². The van der Waals surface area contributed by atoms with E-state index in [-0.39, 0.29) is 12.1 Å². The summed E-state index contributed by atoms with van der Waals surface area (Å²) in [6, 6.07) is 5.36. The largest absolute Gasteiger partial charge is 0.454 e. The smallest absolute Gasteiger partial charge is 0.313 e. The van der Waals surface area contributed by atoms with Gasteiger partial charge < -0.3 is 13.9 Å². The summed E-state index contributed by atoms with van der Waals surface area (Å²) in [6.07, 6.45) is 0. The number of aromatic nitrogens is 2. The lowest BCUT2D eigenvalue weighted by molar-refractivity contribution is 0.174. The molecule has 0 aliphatic carbocycles. The number of hydrogen-bond donors (Lipinski definition) is 0. The van der Waals surface area contributed by atoms with Crippen molar-refractivity contribution in [3.05, 3.63) is 23.5 Å². The Morgan fingerprint density at radius 3 is 2.80 bits per heavy atom. The van der Waals surface area contributed by atoms with Crippen molar-refractivity contribution in [2.45, 2.75) is 0 Å². The minimum absolute atomic E-state index is 0.0164. The number of nitrogens with zero attached hydrogens (tertiary/aromatic N) is 2. The minimum atomic E-state index is 0.0164. The van der Waals surface area contributed by atoms with E-state index in [0.29, 0.717) is 17.4 Å². The minimum Gasteiger partial charge on any atom is -0.454 e. The van der Waals surface area contributed by atoms with Crippen molar-refractivity contribution in [2.24, 2.45) is 0 Å². The Morgan fingerprint density at radius 2 is 2.00 bits per heavy atom. The fourth-order valence-corrected chi connectivity index (χ4v) is 1.46. The summed E-state index contributed by atoms with van der Waals surface area (Å²) in [6.45, 7) is 0.239. The predicted molar refractivity (Wildman–Crippen MR) is 50.9 cm³/mol. The standard InChI is InChI=1S/C9H5ClN2O3/c10-9-12-11-8(15-9)5-1-2-6-7(3-5)14-4-13-6/h1-3H,4H2. The average molecular weight is 225 g/mol. The van der Waals surface area contributed by atoms with Gasteiger partial charge in [-0.2, -0.15) is 0 Å². The van der Waals surface area contributed by atoms with Crippen LogP contribution < -0.4 is 9.47 Å². The van der Waals surface area contributed by atoms with Gasteiger partial charge in [0.25, 0.3) is 0 Å². The second-order valence-electron chi connectivity index (χ2n) is 2.93. The van der Waals surface area contributed by atoms with Crippen molar-refractivity contribution in [3.63, 3.8) is 0 Å². The maximum Gasteiger partial charge on any atom is 0.313 e. The van der Waals surface area contributed by atoms with Gasteiger partial charge in [0.1, 0.15) is 0 Å². The Bertz CT molecular complexity index is 512. The Labute approximate surface area is 89.6 Å². The number of hydrogen-bond acceptors (Lipinski definition) is 5. The number of rotatable bonds is 1. The highest BCUT2D eigenvalue weighted by atomic mass is 35.5. The van der Waals surface area contributed by atoms with Gasteiger partial charge in [-0.25, -0.2) is 0 Å². The molecule has 0 amide bonds. The van der Waals surface area contributed by atoms with Crippen LogP contribution >= 0.6 is 11.6 Å². The van der Waals surface area contributed by atoms with Crippen LogP contribution in [0.3, 0.4) is 0 Å². The number of benzene rings is 1. The molecule has 3 rings (SSSR count). The van der Waals surface area contributed by atoms with Gasteiger partial charge in [0.05, 0.1) is 0 Å². The maximum absolute atomic E-state index is 5.53. The van der Waals surface area contributed by atoms with Crippen molar-refractivity contribution in [1.29, 1.82) is 0 Å². The molecule has 0 spiro atoms. The lowest BCUT2D eigenvalue weighted by atomic mass is 10.2. The first kappa shape index (κ1) is 8.55. The molecule has 0 fully saturated rings. The van der Waals surface area contributed by atoms with Gasteiger partial charge in [-0.05, 0) is 29.8 Å². The maximum atomic E-state index is 5.53. The molecule has 1 aromatic carbocycles. The molecular weight excluding hydrogens is 220 g/mol. The molecule has 0 saturated carbocycles. The lowest BCUT2D eigenvalue weighted by Gasteiger charge is -1.97. The van der Waals surface area contributed by atoms with Crippen LogP contribution in [0.15, 0.2) is 22.6 Å². The zero-order chi connectivity index (χ0) is 10.3. The van der Waals surface area contributed by atoms with E-state index >= 15 is 0 Å². The van der Waals surface area contributed by atoms with Crippen molar-refractivity contribution in [2.75, 3.05) is 6.79 Å². The van der Waals surface area contributed by atoms with Crippen molar-refractivity contribution in [1.82, 2.24) is 10.2 Å². The zero-order valence-corrected chi connectivity index (χ0v) is 8.19. The molecule has 0 unspecified atom stereocenters. The van der Waals surface area contributed by atoms with Crippen LogP contribution in [0.25, 0.3) is 11.5 Å². The predicted octanol–water partition coefficient (Wildman–Crippen LogP) is 2.12. The number of fused-ring (bicyclic) bond motifs is 1. The van der Waals surface area contributed by atoms with Gasteiger partial charge in [0.15, 0.2) is 11.5 Å².